The van der Waals surface area contributed by atoms with Crippen molar-refractivity contribution in [1.82, 2.24) is 14.9 Å². The summed E-state index contributed by atoms with van der Waals surface area (Å²) < 4.78 is 0. The third kappa shape index (κ3) is 2.71. The lowest BCUT2D eigenvalue weighted by atomic mass is 10.1. The molecule has 6 nitrogen and oxygen atoms in total. The van der Waals surface area contributed by atoms with Crippen LogP contribution in [0.3, 0.4) is 0 Å². The molecule has 3 heterocycles. The number of primary amides is 1. The normalized spacial score (nSPS) is 17.7. The first-order valence-corrected chi connectivity index (χ1v) is 7.84. The van der Waals surface area contributed by atoms with Gasteiger partial charge in [0, 0.05) is 31.0 Å². The molecule has 0 aliphatic carbocycles. The average Bonchev–Trinajstić information content (AvgIpc) is 3.14. The maximum Gasteiger partial charge on any atom is 0.265 e. The minimum Gasteiger partial charge on any atom is -0.369 e. The highest BCUT2D eigenvalue weighted by Gasteiger charge is 2.31. The molecule has 1 unspecified atom stereocenters. The van der Waals surface area contributed by atoms with Crippen molar-refractivity contribution in [3.63, 3.8) is 0 Å². The summed E-state index contributed by atoms with van der Waals surface area (Å²) in [5, 5.41) is 0.800. The SMILES string of the molecule is Cc1nc(-c2ccncc2)sc1C(=O)N1CCC(C(N)=O)C1. The van der Waals surface area contributed by atoms with E-state index in [0.717, 1.165) is 10.6 Å². The molecule has 1 aliphatic rings. The zero-order valence-electron chi connectivity index (χ0n) is 12.2. The number of aromatic nitrogens is 2. The van der Waals surface area contributed by atoms with Gasteiger partial charge in [-0.05, 0) is 25.5 Å². The average molecular weight is 316 g/mol. The molecule has 1 fully saturated rings. The van der Waals surface area contributed by atoms with Crippen molar-refractivity contribution in [2.75, 3.05) is 13.1 Å². The van der Waals surface area contributed by atoms with Crippen LogP contribution in [0, 0.1) is 12.8 Å². The van der Waals surface area contributed by atoms with Gasteiger partial charge in [0.1, 0.15) is 9.88 Å². The minimum absolute atomic E-state index is 0.0703. The zero-order valence-corrected chi connectivity index (χ0v) is 13.0. The van der Waals surface area contributed by atoms with E-state index < -0.39 is 0 Å². The number of nitrogens with two attached hydrogens (primary N) is 1. The van der Waals surface area contributed by atoms with Crippen LogP contribution in [-0.4, -0.2) is 39.8 Å². The number of amides is 2. The van der Waals surface area contributed by atoms with E-state index in [4.69, 9.17) is 5.73 Å². The molecule has 0 aromatic carbocycles. The summed E-state index contributed by atoms with van der Waals surface area (Å²) >= 11 is 1.37. The molecule has 0 spiro atoms. The second kappa shape index (κ2) is 5.84. The van der Waals surface area contributed by atoms with Crippen LogP contribution >= 0.6 is 11.3 Å². The van der Waals surface area contributed by atoms with Gasteiger partial charge >= 0.3 is 0 Å². The largest absolute Gasteiger partial charge is 0.369 e. The Labute approximate surface area is 132 Å². The van der Waals surface area contributed by atoms with Gasteiger partial charge in [-0.1, -0.05) is 0 Å². The van der Waals surface area contributed by atoms with Gasteiger partial charge < -0.3 is 10.6 Å². The summed E-state index contributed by atoms with van der Waals surface area (Å²) in [5.74, 6) is -0.648. The molecule has 3 rings (SSSR count). The van der Waals surface area contributed by atoms with Crippen LogP contribution in [0.1, 0.15) is 21.8 Å². The smallest absolute Gasteiger partial charge is 0.265 e. The van der Waals surface area contributed by atoms with Crippen LogP contribution in [0.2, 0.25) is 0 Å². The minimum atomic E-state index is -0.339. The number of thiazole rings is 1. The molecule has 0 radical (unpaired) electrons. The Kier molecular flexibility index (Phi) is 3.89. The van der Waals surface area contributed by atoms with Gasteiger partial charge in [0.2, 0.25) is 5.91 Å². The summed E-state index contributed by atoms with van der Waals surface area (Å²) in [6, 6.07) is 3.73. The fraction of sp³-hybridized carbons (Fsp3) is 0.333. The first-order chi connectivity index (χ1) is 10.6. The Bertz CT molecular complexity index is 714. The Morgan fingerprint density at radius 3 is 2.73 bits per heavy atom. The Morgan fingerprint density at radius 2 is 2.09 bits per heavy atom. The number of nitrogens with zero attached hydrogens (tertiary/aromatic N) is 3. The summed E-state index contributed by atoms with van der Waals surface area (Å²) in [4.78, 5) is 34.6. The topological polar surface area (TPSA) is 89.2 Å². The molecule has 1 aliphatic heterocycles. The van der Waals surface area contributed by atoms with Gasteiger partial charge in [0.15, 0.2) is 0 Å². The summed E-state index contributed by atoms with van der Waals surface area (Å²) in [7, 11) is 0. The second-order valence-electron chi connectivity index (χ2n) is 5.31. The molecule has 2 aromatic rings. The predicted octanol–water partition coefficient (Wildman–Crippen LogP) is 1.46. The first-order valence-electron chi connectivity index (χ1n) is 7.02. The number of rotatable bonds is 3. The number of pyridine rings is 1. The number of likely N-dealkylation sites (tertiary alicyclic amines) is 1. The van der Waals surface area contributed by atoms with Crippen LogP contribution in [0.25, 0.3) is 10.6 Å². The molecular formula is C15H16N4O2S. The summed E-state index contributed by atoms with van der Waals surface area (Å²) in [5.41, 5.74) is 6.97. The molecule has 114 valence electrons. The van der Waals surface area contributed by atoms with Gasteiger partial charge in [-0.3, -0.25) is 14.6 Å². The Hall–Kier alpha value is -2.28. The molecule has 22 heavy (non-hydrogen) atoms. The standard InChI is InChI=1S/C15H16N4O2S/c1-9-12(15(21)19-7-4-11(8-19)13(16)20)22-14(18-9)10-2-5-17-6-3-10/h2-3,5-6,11H,4,7-8H2,1H3,(H2,16,20). The number of carbonyl (C=O) groups excluding carboxylic acids is 2. The number of hydrogen-bond donors (Lipinski definition) is 1. The van der Waals surface area contributed by atoms with Crippen LogP contribution in [-0.2, 0) is 4.79 Å². The van der Waals surface area contributed by atoms with E-state index in [-0.39, 0.29) is 17.7 Å². The maximum atomic E-state index is 12.6. The lowest BCUT2D eigenvalue weighted by Crippen LogP contribution is -2.31. The van der Waals surface area contributed by atoms with Crippen molar-refractivity contribution in [2.45, 2.75) is 13.3 Å². The highest BCUT2D eigenvalue weighted by molar-refractivity contribution is 7.17. The lowest BCUT2D eigenvalue weighted by molar-refractivity contribution is -0.121. The number of aryl methyl sites for hydroxylation is 1. The van der Waals surface area contributed by atoms with Crippen molar-refractivity contribution in [2.24, 2.45) is 11.7 Å². The van der Waals surface area contributed by atoms with Crippen molar-refractivity contribution < 1.29 is 9.59 Å². The van der Waals surface area contributed by atoms with Crippen LogP contribution in [0.15, 0.2) is 24.5 Å². The molecule has 0 saturated carbocycles. The predicted molar refractivity (Wildman–Crippen MR) is 83.3 cm³/mol. The monoisotopic (exact) mass is 316 g/mol. The van der Waals surface area contributed by atoms with Crippen LogP contribution in [0.5, 0.6) is 0 Å². The number of carbonyl (C=O) groups is 2. The van der Waals surface area contributed by atoms with E-state index in [0.29, 0.717) is 30.1 Å². The Morgan fingerprint density at radius 1 is 1.36 bits per heavy atom. The fourth-order valence-corrected chi connectivity index (χ4v) is 3.57. The zero-order chi connectivity index (χ0) is 15.7. The van der Waals surface area contributed by atoms with E-state index in [9.17, 15) is 9.59 Å². The van der Waals surface area contributed by atoms with Gasteiger partial charge in [-0.2, -0.15) is 0 Å². The van der Waals surface area contributed by atoms with Crippen molar-refractivity contribution in [1.29, 1.82) is 0 Å². The first kappa shape index (κ1) is 14.6. The maximum absolute atomic E-state index is 12.6. The third-order valence-corrected chi connectivity index (χ3v) is 4.99. The molecular weight excluding hydrogens is 300 g/mol. The van der Waals surface area contributed by atoms with Gasteiger partial charge in [-0.25, -0.2) is 4.98 Å². The van der Waals surface area contributed by atoms with Crippen LogP contribution < -0.4 is 5.73 Å². The van der Waals surface area contributed by atoms with Crippen molar-refractivity contribution in [3.05, 3.63) is 35.1 Å². The summed E-state index contributed by atoms with van der Waals surface area (Å²) in [6.07, 6.45) is 4.03. The molecule has 7 heteroatoms. The van der Waals surface area contributed by atoms with Crippen molar-refractivity contribution >= 4 is 23.2 Å². The summed E-state index contributed by atoms with van der Waals surface area (Å²) in [6.45, 7) is 2.79. The quantitative estimate of drug-likeness (QED) is 0.928. The van der Waals surface area contributed by atoms with Crippen molar-refractivity contribution in [3.8, 4) is 10.6 Å². The van der Waals surface area contributed by atoms with E-state index in [1.165, 1.54) is 11.3 Å². The van der Waals surface area contributed by atoms with Gasteiger partial charge in [0.25, 0.3) is 5.91 Å². The lowest BCUT2D eigenvalue weighted by Gasteiger charge is -2.14. The molecule has 0 bridgehead atoms. The second-order valence-corrected chi connectivity index (χ2v) is 6.31. The molecule has 2 amide bonds. The number of hydrogen-bond acceptors (Lipinski definition) is 5. The fourth-order valence-electron chi connectivity index (χ4n) is 2.53. The van der Waals surface area contributed by atoms with Gasteiger partial charge in [-0.15, -0.1) is 11.3 Å². The molecule has 1 saturated heterocycles. The van der Waals surface area contributed by atoms with Gasteiger partial charge in [0.05, 0.1) is 11.6 Å². The Balaban J connectivity index is 1.82. The third-order valence-electron chi connectivity index (χ3n) is 3.80. The molecule has 2 aromatic heterocycles. The highest BCUT2D eigenvalue weighted by Crippen LogP contribution is 2.29. The molecule has 1 atom stereocenters. The van der Waals surface area contributed by atoms with Crippen LogP contribution in [0.4, 0.5) is 0 Å². The highest BCUT2D eigenvalue weighted by atomic mass is 32.1. The van der Waals surface area contributed by atoms with E-state index >= 15 is 0 Å². The molecule has 2 N–H and O–H groups in total. The van der Waals surface area contributed by atoms with E-state index in [1.807, 2.05) is 19.1 Å². The van der Waals surface area contributed by atoms with E-state index in [1.54, 1.807) is 17.3 Å². The van der Waals surface area contributed by atoms with E-state index in [2.05, 4.69) is 9.97 Å².